The number of benzene rings is 1. The molecule has 1 saturated carbocycles. The van der Waals surface area contributed by atoms with Crippen molar-refractivity contribution in [1.82, 2.24) is 14.9 Å². The number of imidazole rings is 1. The molecule has 2 aromatic rings. The first-order chi connectivity index (χ1) is 15.0. The van der Waals surface area contributed by atoms with Crippen molar-refractivity contribution in [2.24, 2.45) is 11.7 Å². The SMILES string of the molecule is CNC(=O)c1ncn(C2CCC(C(=O)Nc3cc(C(C)(C)O)ccc3Cl)CC2)c1C(N)=O. The standard InChI is InChI=1S/C22H28ClN5O4/c1-22(2,32)13-6-9-15(23)16(10-13)27-20(30)12-4-7-14(8-5-12)28-11-26-17(21(31)25-3)18(28)19(24)29/h6,9-12,14,32H,4-5,7-8H2,1-3H3,(H2,24,29)(H,25,31)(H,27,30). The van der Waals surface area contributed by atoms with Crippen LogP contribution in [0.2, 0.25) is 5.02 Å². The minimum Gasteiger partial charge on any atom is -0.386 e. The summed E-state index contributed by atoms with van der Waals surface area (Å²) in [7, 11) is 1.46. The number of primary amides is 1. The maximum atomic E-state index is 12.9. The van der Waals surface area contributed by atoms with E-state index in [1.165, 1.54) is 13.4 Å². The molecule has 1 aromatic carbocycles. The maximum Gasteiger partial charge on any atom is 0.272 e. The Kier molecular flexibility index (Phi) is 6.90. The number of aromatic nitrogens is 2. The van der Waals surface area contributed by atoms with E-state index < -0.39 is 17.4 Å². The van der Waals surface area contributed by atoms with Crippen molar-refractivity contribution in [1.29, 1.82) is 0 Å². The Bertz CT molecular complexity index is 1040. The molecule has 1 aromatic heterocycles. The van der Waals surface area contributed by atoms with E-state index in [4.69, 9.17) is 17.3 Å². The number of halogens is 1. The summed E-state index contributed by atoms with van der Waals surface area (Å²) in [6, 6.07) is 4.96. The summed E-state index contributed by atoms with van der Waals surface area (Å²) in [6.07, 6.45) is 3.88. The summed E-state index contributed by atoms with van der Waals surface area (Å²) in [6.45, 7) is 3.32. The first kappa shape index (κ1) is 23.7. The van der Waals surface area contributed by atoms with Crippen LogP contribution in [0.4, 0.5) is 5.69 Å². The van der Waals surface area contributed by atoms with E-state index in [9.17, 15) is 19.5 Å². The minimum atomic E-state index is -1.06. The smallest absolute Gasteiger partial charge is 0.272 e. The summed E-state index contributed by atoms with van der Waals surface area (Å²) >= 11 is 6.24. The number of rotatable bonds is 6. The molecular formula is C22H28ClN5O4. The summed E-state index contributed by atoms with van der Waals surface area (Å²) in [5.74, 6) is -1.57. The number of carbonyl (C=O) groups is 3. The van der Waals surface area contributed by atoms with Crippen LogP contribution in [0.15, 0.2) is 24.5 Å². The number of carbonyl (C=O) groups excluding carboxylic acids is 3. The molecule has 0 unspecified atom stereocenters. The van der Waals surface area contributed by atoms with Gasteiger partial charge in [-0.05, 0) is 57.2 Å². The zero-order valence-corrected chi connectivity index (χ0v) is 19.1. The fourth-order valence-corrected chi connectivity index (χ4v) is 4.18. The van der Waals surface area contributed by atoms with Crippen molar-refractivity contribution < 1.29 is 19.5 Å². The van der Waals surface area contributed by atoms with E-state index in [1.54, 1.807) is 36.6 Å². The Labute approximate surface area is 191 Å². The van der Waals surface area contributed by atoms with Gasteiger partial charge < -0.3 is 26.0 Å². The number of amides is 3. The van der Waals surface area contributed by atoms with Gasteiger partial charge in [-0.15, -0.1) is 0 Å². The van der Waals surface area contributed by atoms with Crippen LogP contribution in [-0.2, 0) is 10.4 Å². The van der Waals surface area contributed by atoms with Gasteiger partial charge in [-0.2, -0.15) is 0 Å². The predicted molar refractivity (Wildman–Crippen MR) is 120 cm³/mol. The summed E-state index contributed by atoms with van der Waals surface area (Å²) in [5.41, 5.74) is 5.63. The molecule has 1 fully saturated rings. The third-order valence-corrected chi connectivity index (χ3v) is 6.19. The van der Waals surface area contributed by atoms with E-state index in [1.807, 2.05) is 0 Å². The molecule has 0 spiro atoms. The molecule has 0 atom stereocenters. The van der Waals surface area contributed by atoms with Crippen LogP contribution < -0.4 is 16.4 Å². The lowest BCUT2D eigenvalue weighted by atomic mass is 9.85. The molecule has 9 nitrogen and oxygen atoms in total. The third-order valence-electron chi connectivity index (χ3n) is 5.86. The normalized spacial score (nSPS) is 18.8. The summed E-state index contributed by atoms with van der Waals surface area (Å²) in [5, 5.41) is 15.9. The van der Waals surface area contributed by atoms with Gasteiger partial charge in [0.05, 0.1) is 22.6 Å². The monoisotopic (exact) mass is 461 g/mol. The highest BCUT2D eigenvalue weighted by atomic mass is 35.5. The molecule has 0 aliphatic heterocycles. The zero-order valence-electron chi connectivity index (χ0n) is 18.3. The second-order valence-corrected chi connectivity index (χ2v) is 8.95. The fraction of sp³-hybridized carbons (Fsp3) is 0.455. The van der Waals surface area contributed by atoms with Crippen molar-refractivity contribution >= 4 is 35.0 Å². The molecule has 10 heteroatoms. The molecule has 0 radical (unpaired) electrons. The minimum absolute atomic E-state index is 0.00111. The Morgan fingerprint density at radius 1 is 1.22 bits per heavy atom. The fourth-order valence-electron chi connectivity index (χ4n) is 4.02. The first-order valence-corrected chi connectivity index (χ1v) is 10.8. The number of aliphatic hydroxyl groups is 1. The molecule has 1 aliphatic rings. The van der Waals surface area contributed by atoms with Gasteiger partial charge in [0.1, 0.15) is 5.69 Å². The molecule has 3 rings (SSSR count). The maximum absolute atomic E-state index is 12.9. The van der Waals surface area contributed by atoms with Gasteiger partial charge >= 0.3 is 0 Å². The van der Waals surface area contributed by atoms with Crippen molar-refractivity contribution in [3.05, 3.63) is 46.5 Å². The lowest BCUT2D eigenvalue weighted by Gasteiger charge is -2.29. The quantitative estimate of drug-likeness (QED) is 0.523. The number of nitrogens with one attached hydrogen (secondary N) is 2. The average Bonchev–Trinajstić information content (AvgIpc) is 3.19. The highest BCUT2D eigenvalue weighted by molar-refractivity contribution is 6.33. The number of hydrogen-bond donors (Lipinski definition) is 4. The lowest BCUT2D eigenvalue weighted by molar-refractivity contribution is -0.121. The predicted octanol–water partition coefficient (Wildman–Crippen LogP) is 2.59. The molecule has 0 bridgehead atoms. The van der Waals surface area contributed by atoms with Crippen LogP contribution in [0.5, 0.6) is 0 Å². The second-order valence-electron chi connectivity index (χ2n) is 8.54. The van der Waals surface area contributed by atoms with Gasteiger partial charge in [-0.1, -0.05) is 17.7 Å². The van der Waals surface area contributed by atoms with Crippen molar-refractivity contribution in [2.45, 2.75) is 51.2 Å². The molecular weight excluding hydrogens is 434 g/mol. The van der Waals surface area contributed by atoms with E-state index >= 15 is 0 Å². The van der Waals surface area contributed by atoms with Crippen LogP contribution in [0.25, 0.3) is 0 Å². The Balaban J connectivity index is 1.69. The van der Waals surface area contributed by atoms with Gasteiger partial charge in [0.15, 0.2) is 5.69 Å². The van der Waals surface area contributed by atoms with E-state index in [-0.39, 0.29) is 29.3 Å². The van der Waals surface area contributed by atoms with Gasteiger partial charge in [-0.3, -0.25) is 14.4 Å². The molecule has 0 saturated heterocycles. The molecule has 3 amide bonds. The topological polar surface area (TPSA) is 139 Å². The average molecular weight is 462 g/mol. The zero-order chi connectivity index (χ0) is 23.6. The summed E-state index contributed by atoms with van der Waals surface area (Å²) < 4.78 is 1.64. The van der Waals surface area contributed by atoms with Gasteiger partial charge in [0.25, 0.3) is 11.8 Å². The van der Waals surface area contributed by atoms with E-state index in [2.05, 4.69) is 15.6 Å². The van der Waals surface area contributed by atoms with E-state index in [0.29, 0.717) is 42.0 Å². The van der Waals surface area contributed by atoms with Gasteiger partial charge in [0.2, 0.25) is 5.91 Å². The molecule has 5 N–H and O–H groups in total. The lowest BCUT2D eigenvalue weighted by Crippen LogP contribution is -2.30. The first-order valence-electron chi connectivity index (χ1n) is 10.4. The highest BCUT2D eigenvalue weighted by Gasteiger charge is 2.31. The molecule has 32 heavy (non-hydrogen) atoms. The van der Waals surface area contributed by atoms with Crippen LogP contribution in [0.3, 0.4) is 0 Å². The number of anilines is 1. The van der Waals surface area contributed by atoms with Crippen LogP contribution >= 0.6 is 11.6 Å². The Hall–Kier alpha value is -2.91. The van der Waals surface area contributed by atoms with Gasteiger partial charge in [-0.25, -0.2) is 4.98 Å². The van der Waals surface area contributed by atoms with Crippen LogP contribution in [0.1, 0.15) is 72.1 Å². The number of nitrogens with two attached hydrogens (primary N) is 1. The van der Waals surface area contributed by atoms with Crippen molar-refractivity contribution in [2.75, 3.05) is 12.4 Å². The second kappa shape index (κ2) is 9.30. The Morgan fingerprint density at radius 2 is 1.88 bits per heavy atom. The largest absolute Gasteiger partial charge is 0.386 e. The molecule has 1 aliphatic carbocycles. The van der Waals surface area contributed by atoms with Crippen LogP contribution in [0, 0.1) is 5.92 Å². The van der Waals surface area contributed by atoms with Crippen molar-refractivity contribution in [3.63, 3.8) is 0 Å². The third kappa shape index (κ3) is 4.94. The molecule has 1 heterocycles. The highest BCUT2D eigenvalue weighted by Crippen LogP contribution is 2.35. The Morgan fingerprint density at radius 3 is 2.44 bits per heavy atom. The van der Waals surface area contributed by atoms with Crippen molar-refractivity contribution in [3.8, 4) is 0 Å². The van der Waals surface area contributed by atoms with Gasteiger partial charge in [0, 0.05) is 19.0 Å². The molecule has 172 valence electrons. The summed E-state index contributed by atoms with van der Waals surface area (Å²) in [4.78, 5) is 40.9. The van der Waals surface area contributed by atoms with E-state index in [0.717, 1.165) is 0 Å². The van der Waals surface area contributed by atoms with Crippen LogP contribution in [-0.4, -0.2) is 39.4 Å². The number of nitrogens with zero attached hydrogens (tertiary/aromatic N) is 2. The number of hydrogen-bond acceptors (Lipinski definition) is 5.